The van der Waals surface area contributed by atoms with E-state index in [9.17, 15) is 5.26 Å². The molecule has 1 aliphatic rings. The highest BCUT2D eigenvalue weighted by molar-refractivity contribution is 5.53. The molecule has 108 valence electrons. The quantitative estimate of drug-likeness (QED) is 0.932. The average Bonchev–Trinajstić information content (AvgIpc) is 2.97. The van der Waals surface area contributed by atoms with Crippen molar-refractivity contribution >= 4 is 0 Å². The monoisotopic (exact) mass is 282 g/mol. The van der Waals surface area contributed by atoms with Crippen molar-refractivity contribution in [2.45, 2.75) is 19.5 Å². The molecule has 1 atom stereocenters. The van der Waals surface area contributed by atoms with Crippen LogP contribution in [0.5, 0.6) is 0 Å². The molecule has 1 aromatic carbocycles. The van der Waals surface area contributed by atoms with Gasteiger partial charge in [0.1, 0.15) is 12.3 Å². The van der Waals surface area contributed by atoms with Crippen LogP contribution in [0.4, 0.5) is 0 Å². The van der Waals surface area contributed by atoms with E-state index in [1.807, 2.05) is 24.3 Å². The van der Waals surface area contributed by atoms with Crippen LogP contribution in [-0.4, -0.2) is 35.6 Å². The summed E-state index contributed by atoms with van der Waals surface area (Å²) in [6.07, 6.45) is 1.69. The van der Waals surface area contributed by atoms with Gasteiger partial charge in [0.05, 0.1) is 11.8 Å². The normalized spacial score (nSPS) is 19.3. The highest BCUT2D eigenvalue weighted by Crippen LogP contribution is 2.20. The molecular formula is C16H18N4O. The van der Waals surface area contributed by atoms with E-state index in [-0.39, 0.29) is 6.04 Å². The third-order valence-corrected chi connectivity index (χ3v) is 3.72. The lowest BCUT2D eigenvalue weighted by Crippen LogP contribution is -2.50. The highest BCUT2D eigenvalue weighted by atomic mass is 16.3. The molecule has 1 unspecified atom stereocenters. The van der Waals surface area contributed by atoms with Crippen LogP contribution in [0.2, 0.25) is 0 Å². The number of aryl methyl sites for hydroxylation is 1. The summed E-state index contributed by atoms with van der Waals surface area (Å²) in [4.78, 5) is 6.67. The number of nitrogens with zero attached hydrogens (tertiary/aromatic N) is 3. The molecule has 3 rings (SSSR count). The number of oxazole rings is 1. The van der Waals surface area contributed by atoms with E-state index in [1.165, 1.54) is 5.56 Å². The van der Waals surface area contributed by atoms with Crippen LogP contribution in [-0.2, 0) is 6.54 Å². The molecule has 0 aliphatic carbocycles. The molecular weight excluding hydrogens is 264 g/mol. The largest absolute Gasteiger partial charge is 0.444 e. The number of nitriles is 1. The second kappa shape index (κ2) is 6.08. The van der Waals surface area contributed by atoms with Crippen molar-refractivity contribution in [2.75, 3.05) is 19.6 Å². The number of hydrogen-bond acceptors (Lipinski definition) is 5. The summed E-state index contributed by atoms with van der Waals surface area (Å²) in [7, 11) is 0. The molecule has 1 aliphatic heterocycles. The summed E-state index contributed by atoms with van der Waals surface area (Å²) < 4.78 is 5.56. The van der Waals surface area contributed by atoms with Crippen molar-refractivity contribution in [2.24, 2.45) is 0 Å². The maximum Gasteiger partial charge on any atom is 0.226 e. The Kier molecular flexibility index (Phi) is 4.00. The smallest absolute Gasteiger partial charge is 0.226 e. The fraction of sp³-hybridized carbons (Fsp3) is 0.375. The van der Waals surface area contributed by atoms with Gasteiger partial charge in [-0.25, -0.2) is 4.98 Å². The molecule has 2 aromatic rings. The minimum absolute atomic E-state index is 0.0988. The molecule has 0 amide bonds. The number of rotatable bonds is 3. The predicted octanol–water partition coefficient (Wildman–Crippen LogP) is 1.95. The first-order valence-electron chi connectivity index (χ1n) is 7.12. The zero-order valence-electron chi connectivity index (χ0n) is 12.0. The average molecular weight is 282 g/mol. The molecule has 1 saturated heterocycles. The number of nitrogens with one attached hydrogen (secondary N) is 1. The summed E-state index contributed by atoms with van der Waals surface area (Å²) in [6, 6.07) is 10.3. The van der Waals surface area contributed by atoms with Gasteiger partial charge in [0.25, 0.3) is 0 Å². The van der Waals surface area contributed by atoms with E-state index in [4.69, 9.17) is 4.42 Å². The van der Waals surface area contributed by atoms with Gasteiger partial charge in [0, 0.05) is 31.7 Å². The topological polar surface area (TPSA) is 65.1 Å². The van der Waals surface area contributed by atoms with Crippen molar-refractivity contribution in [3.05, 3.63) is 41.8 Å². The zero-order valence-corrected chi connectivity index (χ0v) is 12.0. The van der Waals surface area contributed by atoms with Crippen molar-refractivity contribution in [1.82, 2.24) is 15.2 Å². The molecule has 1 aromatic heterocycles. The summed E-state index contributed by atoms with van der Waals surface area (Å²) in [5.41, 5.74) is 3.06. The van der Waals surface area contributed by atoms with Crippen LogP contribution in [0, 0.1) is 18.3 Å². The number of aromatic nitrogens is 1. The van der Waals surface area contributed by atoms with E-state index in [2.05, 4.69) is 28.2 Å². The molecule has 0 spiro atoms. The summed E-state index contributed by atoms with van der Waals surface area (Å²) in [5, 5.41) is 12.4. The summed E-state index contributed by atoms with van der Waals surface area (Å²) in [6.45, 7) is 5.16. The van der Waals surface area contributed by atoms with E-state index >= 15 is 0 Å². The molecule has 0 radical (unpaired) electrons. The van der Waals surface area contributed by atoms with Crippen LogP contribution in [0.25, 0.3) is 11.5 Å². The van der Waals surface area contributed by atoms with Gasteiger partial charge < -0.3 is 9.73 Å². The minimum atomic E-state index is -0.0988. The Morgan fingerprint density at radius 3 is 3.00 bits per heavy atom. The molecule has 1 N–H and O–H groups in total. The van der Waals surface area contributed by atoms with Crippen LogP contribution in [0.1, 0.15) is 11.3 Å². The van der Waals surface area contributed by atoms with E-state index < -0.39 is 0 Å². The van der Waals surface area contributed by atoms with Gasteiger partial charge >= 0.3 is 0 Å². The van der Waals surface area contributed by atoms with Crippen molar-refractivity contribution < 1.29 is 4.42 Å². The second-order valence-electron chi connectivity index (χ2n) is 5.33. The number of benzene rings is 1. The standard InChI is InChI=1S/C16H18N4O/c1-12-2-4-13(5-3-12)16-19-14(11-21-16)10-20-7-6-18-9-15(20)8-17/h2-5,11,15,18H,6-7,9-10H2,1H3. The Morgan fingerprint density at radius 1 is 1.43 bits per heavy atom. The van der Waals surface area contributed by atoms with Crippen LogP contribution >= 0.6 is 0 Å². The van der Waals surface area contributed by atoms with Gasteiger partial charge in [0.15, 0.2) is 0 Å². The van der Waals surface area contributed by atoms with Crippen LogP contribution < -0.4 is 5.32 Å². The number of hydrogen-bond donors (Lipinski definition) is 1. The lowest BCUT2D eigenvalue weighted by molar-refractivity contribution is 0.187. The Labute approximate surface area is 124 Å². The number of piperazine rings is 1. The van der Waals surface area contributed by atoms with Crippen LogP contribution in [0.15, 0.2) is 34.9 Å². The maximum absolute atomic E-state index is 9.17. The fourth-order valence-electron chi connectivity index (χ4n) is 2.48. The van der Waals surface area contributed by atoms with Crippen molar-refractivity contribution in [3.63, 3.8) is 0 Å². The maximum atomic E-state index is 9.17. The van der Waals surface area contributed by atoms with Crippen molar-refractivity contribution in [1.29, 1.82) is 5.26 Å². The third-order valence-electron chi connectivity index (χ3n) is 3.72. The molecule has 5 heteroatoms. The molecule has 5 nitrogen and oxygen atoms in total. The van der Waals surface area contributed by atoms with Gasteiger partial charge in [-0.05, 0) is 19.1 Å². The first kappa shape index (κ1) is 13.8. The van der Waals surface area contributed by atoms with Gasteiger partial charge in [-0.1, -0.05) is 17.7 Å². The minimum Gasteiger partial charge on any atom is -0.444 e. The molecule has 0 bridgehead atoms. The van der Waals surface area contributed by atoms with Crippen LogP contribution in [0.3, 0.4) is 0 Å². The Bertz CT molecular complexity index is 641. The van der Waals surface area contributed by atoms with Gasteiger partial charge in [-0.15, -0.1) is 0 Å². The van der Waals surface area contributed by atoms with Crippen molar-refractivity contribution in [3.8, 4) is 17.5 Å². The van der Waals surface area contributed by atoms with E-state index in [0.29, 0.717) is 19.0 Å². The lowest BCUT2D eigenvalue weighted by atomic mass is 10.1. The summed E-state index contributed by atoms with van der Waals surface area (Å²) >= 11 is 0. The van der Waals surface area contributed by atoms with E-state index in [0.717, 1.165) is 24.3 Å². The molecule has 1 fully saturated rings. The third kappa shape index (κ3) is 3.13. The first-order chi connectivity index (χ1) is 10.3. The summed E-state index contributed by atoms with van der Waals surface area (Å²) in [5.74, 6) is 0.633. The Balaban J connectivity index is 1.73. The zero-order chi connectivity index (χ0) is 14.7. The Hall–Kier alpha value is -2.16. The predicted molar refractivity (Wildman–Crippen MR) is 79.4 cm³/mol. The fourth-order valence-corrected chi connectivity index (χ4v) is 2.48. The lowest BCUT2D eigenvalue weighted by Gasteiger charge is -2.30. The second-order valence-corrected chi connectivity index (χ2v) is 5.33. The SMILES string of the molecule is Cc1ccc(-c2nc(CN3CCNCC3C#N)co2)cc1. The molecule has 0 saturated carbocycles. The van der Waals surface area contributed by atoms with Gasteiger partial charge in [-0.3, -0.25) is 4.90 Å². The van der Waals surface area contributed by atoms with Gasteiger partial charge in [0.2, 0.25) is 5.89 Å². The molecule has 21 heavy (non-hydrogen) atoms. The first-order valence-corrected chi connectivity index (χ1v) is 7.12. The molecule has 2 heterocycles. The van der Waals surface area contributed by atoms with E-state index in [1.54, 1.807) is 6.26 Å². The Morgan fingerprint density at radius 2 is 2.24 bits per heavy atom. The highest BCUT2D eigenvalue weighted by Gasteiger charge is 2.22. The van der Waals surface area contributed by atoms with Gasteiger partial charge in [-0.2, -0.15) is 5.26 Å².